The van der Waals surface area contributed by atoms with Gasteiger partial charge in [0.15, 0.2) is 0 Å². The summed E-state index contributed by atoms with van der Waals surface area (Å²) < 4.78 is 0. The van der Waals surface area contributed by atoms with Crippen LogP contribution in [0.25, 0.3) is 0 Å². The zero-order chi connectivity index (χ0) is 19.8. The number of nitrogens with zero attached hydrogens (tertiary/aromatic N) is 2. The second-order valence-electron chi connectivity index (χ2n) is 8.31. The Bertz CT molecular complexity index is 793. The molecule has 1 saturated heterocycles. The lowest BCUT2D eigenvalue weighted by Gasteiger charge is -2.42. The highest BCUT2D eigenvalue weighted by atomic mass is 16.2. The number of carbonyl (C=O) groups excluding carboxylic acids is 3. The van der Waals surface area contributed by atoms with Gasteiger partial charge in [0.25, 0.3) is 5.91 Å². The van der Waals surface area contributed by atoms with E-state index in [9.17, 15) is 14.4 Å². The van der Waals surface area contributed by atoms with Crippen molar-refractivity contribution < 1.29 is 14.4 Å². The molecular weight excluding hydrogens is 356 g/mol. The first-order valence-electron chi connectivity index (χ1n) is 10.2. The van der Waals surface area contributed by atoms with E-state index in [0.717, 1.165) is 57.2 Å². The number of rotatable bonds is 4. The minimum absolute atomic E-state index is 0.0361. The number of benzene rings is 1. The topological polar surface area (TPSA) is 110 Å². The summed E-state index contributed by atoms with van der Waals surface area (Å²) in [6.45, 7) is 2.47. The van der Waals surface area contributed by atoms with Crippen molar-refractivity contribution in [3.05, 3.63) is 34.9 Å². The lowest BCUT2D eigenvalue weighted by Crippen LogP contribution is -2.49. The third-order valence-electron chi connectivity index (χ3n) is 6.79. The van der Waals surface area contributed by atoms with Crippen LogP contribution in [0.5, 0.6) is 0 Å². The Kier molecular flexibility index (Phi) is 5.10. The number of hydrogen-bond donors (Lipinski definition) is 2. The number of piperidine rings is 1. The van der Waals surface area contributed by atoms with Crippen molar-refractivity contribution in [3.8, 4) is 0 Å². The molecule has 1 aliphatic carbocycles. The van der Waals surface area contributed by atoms with Crippen molar-refractivity contribution in [2.24, 2.45) is 17.4 Å². The van der Waals surface area contributed by atoms with Crippen LogP contribution in [0.1, 0.15) is 64.8 Å². The van der Waals surface area contributed by atoms with E-state index < -0.39 is 5.91 Å². The lowest BCUT2D eigenvalue weighted by molar-refractivity contribution is -0.123. The first-order valence-corrected chi connectivity index (χ1v) is 10.2. The third kappa shape index (κ3) is 3.39. The predicted molar refractivity (Wildman–Crippen MR) is 104 cm³/mol. The molecular formula is C21H28N4O3. The third-order valence-corrected chi connectivity index (χ3v) is 6.79. The van der Waals surface area contributed by atoms with Crippen LogP contribution < -0.4 is 11.5 Å². The standard InChI is InChI=1S/C21H28N4O3/c22-19(26)13-4-6-15(7-5-13)24-10-8-16(9-11-24)25-12-14-2-1-3-17(20(23)27)18(14)21(25)28/h1-3,13,15-16H,4-12H2,(H2,22,26)(H2,23,27)/t13-,15+. The monoisotopic (exact) mass is 384 g/mol. The number of nitrogens with two attached hydrogens (primary N) is 2. The predicted octanol–water partition coefficient (Wildman–Crippen LogP) is 1.25. The van der Waals surface area contributed by atoms with E-state index >= 15 is 0 Å². The van der Waals surface area contributed by atoms with E-state index in [2.05, 4.69) is 4.90 Å². The molecule has 7 heteroatoms. The molecule has 4 rings (SSSR count). The Hall–Kier alpha value is -2.41. The van der Waals surface area contributed by atoms with Crippen LogP contribution in [0.15, 0.2) is 18.2 Å². The molecule has 3 amide bonds. The van der Waals surface area contributed by atoms with Gasteiger partial charge in [-0.3, -0.25) is 14.4 Å². The second kappa shape index (κ2) is 7.54. The highest BCUT2D eigenvalue weighted by Crippen LogP contribution is 2.33. The van der Waals surface area contributed by atoms with Crippen molar-refractivity contribution in [2.45, 2.75) is 57.2 Å². The van der Waals surface area contributed by atoms with E-state index in [0.29, 0.717) is 23.7 Å². The van der Waals surface area contributed by atoms with Crippen molar-refractivity contribution in [3.63, 3.8) is 0 Å². The Balaban J connectivity index is 1.36. The number of primary amides is 2. The van der Waals surface area contributed by atoms with Crippen LogP contribution in [0.3, 0.4) is 0 Å². The SMILES string of the molecule is NC(=O)c1cccc2c1C(=O)N(C1CCN([C@H]3CC[C@@H](C(N)=O)CC3)CC1)C2. The van der Waals surface area contributed by atoms with Gasteiger partial charge in [-0.2, -0.15) is 0 Å². The smallest absolute Gasteiger partial charge is 0.255 e. The Morgan fingerprint density at radius 1 is 0.929 bits per heavy atom. The van der Waals surface area contributed by atoms with Crippen LogP contribution in [0.2, 0.25) is 0 Å². The molecule has 0 aromatic heterocycles. The number of amides is 3. The van der Waals surface area contributed by atoms with Gasteiger partial charge in [-0.15, -0.1) is 0 Å². The molecule has 2 heterocycles. The normalized spacial score (nSPS) is 26.3. The fourth-order valence-electron chi connectivity index (χ4n) is 5.17. The number of fused-ring (bicyclic) bond motifs is 1. The average Bonchev–Trinajstić information content (AvgIpc) is 3.05. The van der Waals surface area contributed by atoms with Gasteiger partial charge >= 0.3 is 0 Å². The molecule has 2 aliphatic heterocycles. The van der Waals surface area contributed by atoms with E-state index in [1.54, 1.807) is 12.1 Å². The van der Waals surface area contributed by atoms with Crippen molar-refractivity contribution in [1.82, 2.24) is 9.80 Å². The summed E-state index contributed by atoms with van der Waals surface area (Å²) in [6.07, 6.45) is 5.68. The van der Waals surface area contributed by atoms with Crippen LogP contribution >= 0.6 is 0 Å². The van der Waals surface area contributed by atoms with E-state index in [1.807, 2.05) is 11.0 Å². The molecule has 7 nitrogen and oxygen atoms in total. The largest absolute Gasteiger partial charge is 0.369 e. The lowest BCUT2D eigenvalue weighted by atomic mass is 9.84. The van der Waals surface area contributed by atoms with Gasteiger partial charge < -0.3 is 21.3 Å². The minimum atomic E-state index is -0.548. The van der Waals surface area contributed by atoms with Crippen molar-refractivity contribution in [2.75, 3.05) is 13.1 Å². The summed E-state index contributed by atoms with van der Waals surface area (Å²) in [7, 11) is 0. The Morgan fingerprint density at radius 3 is 2.21 bits per heavy atom. The van der Waals surface area contributed by atoms with Gasteiger partial charge in [-0.25, -0.2) is 0 Å². The van der Waals surface area contributed by atoms with Crippen LogP contribution in [0.4, 0.5) is 0 Å². The van der Waals surface area contributed by atoms with Crippen molar-refractivity contribution >= 4 is 17.7 Å². The fourth-order valence-corrected chi connectivity index (χ4v) is 5.17. The van der Waals surface area contributed by atoms with E-state index in [4.69, 9.17) is 11.5 Å². The Morgan fingerprint density at radius 2 is 1.61 bits per heavy atom. The van der Waals surface area contributed by atoms with Crippen LogP contribution in [0, 0.1) is 5.92 Å². The molecule has 2 fully saturated rings. The molecule has 3 aliphatic rings. The maximum atomic E-state index is 13.0. The number of carbonyl (C=O) groups is 3. The highest BCUT2D eigenvalue weighted by Gasteiger charge is 2.38. The van der Waals surface area contributed by atoms with E-state index in [-0.39, 0.29) is 23.8 Å². The second-order valence-corrected chi connectivity index (χ2v) is 8.31. The zero-order valence-corrected chi connectivity index (χ0v) is 16.1. The molecule has 1 aromatic rings. The summed E-state index contributed by atoms with van der Waals surface area (Å²) in [5.74, 6) is -0.744. The first-order chi connectivity index (χ1) is 13.5. The molecule has 4 N–H and O–H groups in total. The number of hydrogen-bond acceptors (Lipinski definition) is 4. The molecule has 0 radical (unpaired) electrons. The van der Waals surface area contributed by atoms with Gasteiger partial charge in [0.05, 0.1) is 11.1 Å². The van der Waals surface area contributed by atoms with Gasteiger partial charge in [-0.05, 0) is 50.2 Å². The van der Waals surface area contributed by atoms with Crippen LogP contribution in [-0.2, 0) is 11.3 Å². The molecule has 1 aromatic carbocycles. The number of likely N-dealkylation sites (tertiary alicyclic amines) is 1. The first kappa shape index (κ1) is 18.9. The molecule has 0 unspecified atom stereocenters. The summed E-state index contributed by atoms with van der Waals surface area (Å²) in [5.41, 5.74) is 12.6. The van der Waals surface area contributed by atoms with Gasteiger partial charge in [-0.1, -0.05) is 12.1 Å². The molecule has 150 valence electrons. The van der Waals surface area contributed by atoms with Gasteiger partial charge in [0, 0.05) is 37.6 Å². The zero-order valence-electron chi connectivity index (χ0n) is 16.1. The van der Waals surface area contributed by atoms with Gasteiger partial charge in [0.2, 0.25) is 11.8 Å². The summed E-state index contributed by atoms with van der Waals surface area (Å²) in [6, 6.07) is 6.05. The molecule has 28 heavy (non-hydrogen) atoms. The average molecular weight is 384 g/mol. The quantitative estimate of drug-likeness (QED) is 0.814. The molecule has 0 spiro atoms. The molecule has 0 atom stereocenters. The fraction of sp³-hybridized carbons (Fsp3) is 0.571. The van der Waals surface area contributed by atoms with Crippen LogP contribution in [-0.4, -0.2) is 52.7 Å². The Labute approximate surface area is 165 Å². The summed E-state index contributed by atoms with van der Waals surface area (Å²) in [4.78, 5) is 40.4. The van der Waals surface area contributed by atoms with Crippen molar-refractivity contribution in [1.29, 1.82) is 0 Å². The van der Waals surface area contributed by atoms with Gasteiger partial charge in [0.1, 0.15) is 0 Å². The summed E-state index contributed by atoms with van der Waals surface area (Å²) in [5, 5.41) is 0. The van der Waals surface area contributed by atoms with E-state index in [1.165, 1.54) is 0 Å². The molecule has 1 saturated carbocycles. The molecule has 0 bridgehead atoms. The highest BCUT2D eigenvalue weighted by molar-refractivity contribution is 6.09. The maximum absolute atomic E-state index is 13.0. The minimum Gasteiger partial charge on any atom is -0.369 e. The summed E-state index contributed by atoms with van der Waals surface area (Å²) >= 11 is 0. The maximum Gasteiger partial charge on any atom is 0.255 e.